The summed E-state index contributed by atoms with van der Waals surface area (Å²) in [5, 5.41) is 12.5. The first-order valence-electron chi connectivity index (χ1n) is 11.8. The number of hydrogen-bond acceptors (Lipinski definition) is 6. The summed E-state index contributed by atoms with van der Waals surface area (Å²) < 4.78 is 7.13. The number of anilines is 2. The summed E-state index contributed by atoms with van der Waals surface area (Å²) in [7, 11) is 1.63. The zero-order valence-electron chi connectivity index (χ0n) is 20.7. The lowest BCUT2D eigenvalue weighted by atomic mass is 9.95. The molecule has 0 radical (unpaired) electrons. The number of thioether (sulfide) groups is 1. The Balaban J connectivity index is 1.49. The predicted molar refractivity (Wildman–Crippen MR) is 148 cm³/mol. The number of amides is 1. The number of ether oxygens (including phenoxy) is 1. The fourth-order valence-corrected chi connectivity index (χ4v) is 5.12. The van der Waals surface area contributed by atoms with Gasteiger partial charge < -0.3 is 15.4 Å². The number of nitrogens with zero attached hydrogens (tertiary/aromatic N) is 3. The maximum Gasteiger partial charge on any atom is 0.255 e. The Morgan fingerprint density at radius 3 is 2.51 bits per heavy atom. The van der Waals surface area contributed by atoms with Crippen LogP contribution in [0.4, 0.5) is 11.6 Å². The van der Waals surface area contributed by atoms with Gasteiger partial charge >= 0.3 is 0 Å². The van der Waals surface area contributed by atoms with Crippen LogP contribution in [0.5, 0.6) is 5.75 Å². The van der Waals surface area contributed by atoms with Crippen molar-refractivity contribution in [1.82, 2.24) is 14.8 Å². The van der Waals surface area contributed by atoms with E-state index in [0.29, 0.717) is 27.5 Å². The molecule has 0 fully saturated rings. The van der Waals surface area contributed by atoms with E-state index in [0.717, 1.165) is 33.8 Å². The number of fused-ring (bicyclic) bond motifs is 1. The highest BCUT2D eigenvalue weighted by molar-refractivity contribution is 7.98. The minimum atomic E-state index is -0.469. The molecule has 9 heteroatoms. The van der Waals surface area contributed by atoms with Gasteiger partial charge in [-0.3, -0.25) is 4.79 Å². The molecule has 188 valence electrons. The van der Waals surface area contributed by atoms with Crippen LogP contribution >= 0.6 is 23.4 Å². The minimum Gasteiger partial charge on any atom is -0.497 e. The van der Waals surface area contributed by atoms with Crippen LogP contribution in [0.3, 0.4) is 0 Å². The number of methoxy groups -OCH3 is 1. The molecule has 4 aromatic rings. The third kappa shape index (κ3) is 5.35. The number of carbonyl (C=O) groups is 1. The summed E-state index contributed by atoms with van der Waals surface area (Å²) in [6.45, 7) is 3.86. The van der Waals surface area contributed by atoms with Crippen LogP contribution in [0.2, 0.25) is 5.02 Å². The zero-order chi connectivity index (χ0) is 25.9. The van der Waals surface area contributed by atoms with Crippen LogP contribution < -0.4 is 15.4 Å². The number of benzene rings is 3. The van der Waals surface area contributed by atoms with Crippen molar-refractivity contribution in [3.63, 3.8) is 0 Å². The topological polar surface area (TPSA) is 81.1 Å². The number of nitrogens with one attached hydrogen (secondary N) is 2. The minimum absolute atomic E-state index is 0.198. The van der Waals surface area contributed by atoms with Gasteiger partial charge in [0.2, 0.25) is 11.1 Å². The van der Waals surface area contributed by atoms with Crippen molar-refractivity contribution in [2.45, 2.75) is 30.8 Å². The molecule has 2 heterocycles. The number of para-hydroxylation sites is 1. The number of hydrogen-bond donors (Lipinski definition) is 2. The maximum atomic E-state index is 13.7. The van der Waals surface area contributed by atoms with Crippen molar-refractivity contribution >= 4 is 40.9 Å². The number of halogens is 1. The van der Waals surface area contributed by atoms with Crippen LogP contribution in [0.1, 0.15) is 29.7 Å². The van der Waals surface area contributed by atoms with E-state index in [1.807, 2.05) is 86.6 Å². The van der Waals surface area contributed by atoms with E-state index in [4.69, 9.17) is 26.4 Å². The third-order valence-corrected chi connectivity index (χ3v) is 7.34. The molecular weight excluding hydrogens is 506 g/mol. The van der Waals surface area contributed by atoms with E-state index >= 15 is 0 Å². The molecule has 0 saturated heterocycles. The number of rotatable bonds is 7. The molecule has 37 heavy (non-hydrogen) atoms. The van der Waals surface area contributed by atoms with E-state index in [2.05, 4.69) is 10.6 Å². The SMILES string of the molecule is COc1ccc([C@@H]2C(C(=O)Nc3ccccc3C)=C(C)Nc3nc(SCc4ccc(Cl)cc4)nn32)cc1. The molecule has 3 aromatic carbocycles. The molecule has 7 nitrogen and oxygen atoms in total. The van der Waals surface area contributed by atoms with Crippen molar-refractivity contribution in [2.75, 3.05) is 17.7 Å². The van der Waals surface area contributed by atoms with Gasteiger partial charge in [-0.2, -0.15) is 4.98 Å². The first kappa shape index (κ1) is 24.9. The quantitative estimate of drug-likeness (QED) is 0.266. The highest BCUT2D eigenvalue weighted by atomic mass is 35.5. The number of carbonyl (C=O) groups excluding carboxylic acids is 1. The van der Waals surface area contributed by atoms with Crippen molar-refractivity contribution in [2.24, 2.45) is 0 Å². The van der Waals surface area contributed by atoms with Crippen molar-refractivity contribution in [1.29, 1.82) is 0 Å². The van der Waals surface area contributed by atoms with Crippen LogP contribution in [-0.2, 0) is 10.5 Å². The van der Waals surface area contributed by atoms with Gasteiger partial charge in [-0.05, 0) is 60.9 Å². The summed E-state index contributed by atoms with van der Waals surface area (Å²) in [6, 6.07) is 22.7. The molecule has 0 saturated carbocycles. The van der Waals surface area contributed by atoms with Crippen molar-refractivity contribution in [3.8, 4) is 5.75 Å². The maximum absolute atomic E-state index is 13.7. The van der Waals surface area contributed by atoms with Gasteiger partial charge in [0.05, 0.1) is 12.7 Å². The fraction of sp³-hybridized carbons (Fsp3) is 0.179. The van der Waals surface area contributed by atoms with E-state index in [1.165, 1.54) is 11.8 Å². The van der Waals surface area contributed by atoms with Crippen LogP contribution in [-0.4, -0.2) is 27.8 Å². The third-order valence-electron chi connectivity index (χ3n) is 6.18. The Morgan fingerprint density at radius 1 is 1.08 bits per heavy atom. The summed E-state index contributed by atoms with van der Waals surface area (Å²) >= 11 is 7.54. The number of aryl methyl sites for hydroxylation is 1. The second kappa shape index (κ2) is 10.7. The Kier molecular flexibility index (Phi) is 7.21. The average Bonchev–Trinajstić information content (AvgIpc) is 3.31. The lowest BCUT2D eigenvalue weighted by Gasteiger charge is -2.29. The standard InChI is InChI=1S/C28H26ClN5O2S/c1-17-6-4-5-7-23(17)31-26(35)24-18(2)30-27-32-28(37-16-19-8-12-21(29)13-9-19)33-34(27)25(24)20-10-14-22(36-3)15-11-20/h4-15,25H,16H2,1-3H3,(H,31,35)(H,30,32,33)/t25-/m1/s1. The Hall–Kier alpha value is -3.75. The number of aromatic nitrogens is 3. The normalized spacial score (nSPS) is 14.6. The molecule has 1 atom stereocenters. The Morgan fingerprint density at radius 2 is 1.81 bits per heavy atom. The van der Waals surface area contributed by atoms with Gasteiger partial charge in [-0.15, -0.1) is 5.10 Å². The summed E-state index contributed by atoms with van der Waals surface area (Å²) in [5.41, 5.74) is 5.07. The van der Waals surface area contributed by atoms with Gasteiger partial charge in [-0.1, -0.05) is 65.8 Å². The first-order valence-corrected chi connectivity index (χ1v) is 13.1. The molecule has 0 unspecified atom stereocenters. The van der Waals surface area contributed by atoms with Gasteiger partial charge in [-0.25, -0.2) is 4.68 Å². The van der Waals surface area contributed by atoms with Crippen LogP contribution in [0.25, 0.3) is 0 Å². The second-order valence-corrected chi connectivity index (χ2v) is 10.1. The zero-order valence-corrected chi connectivity index (χ0v) is 22.2. The van der Waals surface area contributed by atoms with E-state index in [9.17, 15) is 4.79 Å². The molecule has 2 N–H and O–H groups in total. The molecule has 0 spiro atoms. The van der Waals surface area contributed by atoms with Gasteiger partial charge in [0, 0.05) is 22.2 Å². The molecule has 1 aliphatic rings. The highest BCUT2D eigenvalue weighted by Crippen LogP contribution is 2.37. The summed E-state index contributed by atoms with van der Waals surface area (Å²) in [6.07, 6.45) is 0. The summed E-state index contributed by atoms with van der Waals surface area (Å²) in [5.74, 6) is 1.82. The monoisotopic (exact) mass is 531 g/mol. The molecular formula is C28H26ClN5O2S. The Labute approximate surface area is 224 Å². The average molecular weight is 532 g/mol. The molecule has 0 bridgehead atoms. The van der Waals surface area contributed by atoms with Gasteiger partial charge in [0.25, 0.3) is 5.91 Å². The van der Waals surface area contributed by atoms with Crippen LogP contribution in [0.15, 0.2) is 89.2 Å². The molecule has 5 rings (SSSR count). The Bertz CT molecular complexity index is 1460. The van der Waals surface area contributed by atoms with Crippen LogP contribution in [0, 0.1) is 6.92 Å². The van der Waals surface area contributed by atoms with Crippen molar-refractivity contribution < 1.29 is 9.53 Å². The molecule has 1 amide bonds. The molecule has 0 aliphatic carbocycles. The molecule has 1 aliphatic heterocycles. The van der Waals surface area contributed by atoms with E-state index < -0.39 is 6.04 Å². The first-order chi connectivity index (χ1) is 17.9. The largest absolute Gasteiger partial charge is 0.497 e. The lowest BCUT2D eigenvalue weighted by molar-refractivity contribution is -0.113. The number of allylic oxidation sites excluding steroid dienone is 1. The predicted octanol–water partition coefficient (Wildman–Crippen LogP) is 6.47. The second-order valence-electron chi connectivity index (χ2n) is 8.69. The van der Waals surface area contributed by atoms with Crippen molar-refractivity contribution in [3.05, 3.63) is 106 Å². The smallest absolute Gasteiger partial charge is 0.255 e. The van der Waals surface area contributed by atoms with E-state index in [1.54, 1.807) is 11.8 Å². The van der Waals surface area contributed by atoms with E-state index in [-0.39, 0.29) is 5.91 Å². The lowest BCUT2D eigenvalue weighted by Crippen LogP contribution is -2.31. The highest BCUT2D eigenvalue weighted by Gasteiger charge is 2.34. The fourth-order valence-electron chi connectivity index (χ4n) is 4.21. The van der Waals surface area contributed by atoms with Gasteiger partial charge in [0.1, 0.15) is 11.8 Å². The summed E-state index contributed by atoms with van der Waals surface area (Å²) in [4.78, 5) is 18.4. The van der Waals surface area contributed by atoms with Gasteiger partial charge in [0.15, 0.2) is 0 Å². The molecule has 1 aromatic heterocycles.